The lowest BCUT2D eigenvalue weighted by Crippen LogP contribution is -2.15. The van der Waals surface area contributed by atoms with E-state index >= 15 is 0 Å². The first-order valence-corrected chi connectivity index (χ1v) is 14.0. The number of aryl methyl sites for hydroxylation is 3. The number of nitriles is 1. The smallest absolute Gasteiger partial charge is 0.235 e. The zero-order valence-electron chi connectivity index (χ0n) is 19.9. The van der Waals surface area contributed by atoms with Gasteiger partial charge in [-0.3, -0.25) is 4.79 Å². The molecule has 0 unspecified atom stereocenters. The maximum absolute atomic E-state index is 12.7. The van der Waals surface area contributed by atoms with E-state index in [1.807, 2.05) is 36.6 Å². The number of ether oxygens (including phenoxy) is 1. The molecule has 0 fully saturated rings. The molecule has 10 heteroatoms. The van der Waals surface area contributed by atoms with Crippen LogP contribution in [0.1, 0.15) is 53.6 Å². The van der Waals surface area contributed by atoms with Crippen molar-refractivity contribution < 1.29 is 9.53 Å². The van der Waals surface area contributed by atoms with Crippen LogP contribution < -0.4 is 10.1 Å². The molecule has 35 heavy (non-hydrogen) atoms. The van der Waals surface area contributed by atoms with Gasteiger partial charge in [-0.2, -0.15) is 5.26 Å². The monoisotopic (exact) mass is 529 g/mol. The summed E-state index contributed by atoms with van der Waals surface area (Å²) in [5.41, 5.74) is 2.77. The molecule has 0 saturated heterocycles. The number of rotatable bonds is 10. The minimum Gasteiger partial charge on any atom is -0.493 e. The Bertz CT molecular complexity index is 1250. The Hall–Kier alpha value is -2.54. The maximum atomic E-state index is 12.7. The van der Waals surface area contributed by atoms with E-state index in [0.717, 1.165) is 72.9 Å². The highest BCUT2D eigenvalue weighted by molar-refractivity contribution is 7.99. The number of nitrogens with one attached hydrogen (secondary N) is 1. The van der Waals surface area contributed by atoms with Crippen LogP contribution in [0.15, 0.2) is 23.4 Å². The van der Waals surface area contributed by atoms with Gasteiger partial charge in [-0.25, -0.2) is 0 Å². The molecule has 1 amide bonds. The summed E-state index contributed by atoms with van der Waals surface area (Å²) >= 11 is 8.91. The van der Waals surface area contributed by atoms with Gasteiger partial charge in [-0.15, -0.1) is 21.5 Å². The average molecular weight is 530 g/mol. The van der Waals surface area contributed by atoms with Crippen LogP contribution >= 0.6 is 34.7 Å². The molecule has 0 radical (unpaired) electrons. The zero-order chi connectivity index (χ0) is 24.8. The molecule has 2 heterocycles. The van der Waals surface area contributed by atoms with Gasteiger partial charge in [-0.1, -0.05) is 23.4 Å². The highest BCUT2D eigenvalue weighted by Gasteiger charge is 2.22. The van der Waals surface area contributed by atoms with E-state index in [2.05, 4.69) is 21.6 Å². The van der Waals surface area contributed by atoms with Gasteiger partial charge >= 0.3 is 0 Å². The van der Waals surface area contributed by atoms with Crippen LogP contribution in [0.2, 0.25) is 5.02 Å². The van der Waals surface area contributed by atoms with Crippen LogP contribution in [0.25, 0.3) is 0 Å². The number of amides is 1. The third-order valence-corrected chi connectivity index (χ3v) is 8.33. The third-order valence-electron chi connectivity index (χ3n) is 5.92. The van der Waals surface area contributed by atoms with Crippen molar-refractivity contribution in [2.24, 2.45) is 0 Å². The van der Waals surface area contributed by atoms with Crippen molar-refractivity contribution in [2.45, 2.75) is 64.1 Å². The van der Waals surface area contributed by atoms with E-state index in [1.54, 1.807) is 11.3 Å². The number of hydrogen-bond acceptors (Lipinski definition) is 7. The lowest BCUT2D eigenvalue weighted by molar-refractivity contribution is -0.113. The normalized spacial score (nSPS) is 12.7. The Kier molecular flexibility index (Phi) is 8.71. The second kappa shape index (κ2) is 11.9. The lowest BCUT2D eigenvalue weighted by Gasteiger charge is -2.10. The Balaban J connectivity index is 1.29. The molecule has 0 aliphatic heterocycles. The van der Waals surface area contributed by atoms with Crippen molar-refractivity contribution in [1.82, 2.24) is 14.8 Å². The van der Waals surface area contributed by atoms with Crippen molar-refractivity contribution in [3.05, 3.63) is 50.6 Å². The summed E-state index contributed by atoms with van der Waals surface area (Å²) in [5, 5.41) is 23.3. The van der Waals surface area contributed by atoms with Gasteiger partial charge in [0.1, 0.15) is 22.6 Å². The fourth-order valence-corrected chi connectivity index (χ4v) is 6.48. The Morgan fingerprint density at radius 2 is 2.17 bits per heavy atom. The first kappa shape index (κ1) is 25.5. The standard InChI is InChI=1S/C25H28ClN5O2S2/c1-3-31-22(9-6-12-33-20-11-10-17(26)13-16(20)2)29-30-25(31)34-15-23(32)28-24-19(14-27)18-7-4-5-8-21(18)35-24/h10-11,13H,3-9,12,15H2,1-2H3,(H,28,32). The molecular formula is C25H28ClN5O2S2. The summed E-state index contributed by atoms with van der Waals surface area (Å²) < 4.78 is 7.92. The molecule has 0 bridgehead atoms. The van der Waals surface area contributed by atoms with Crippen molar-refractivity contribution in [1.29, 1.82) is 5.26 Å². The van der Waals surface area contributed by atoms with E-state index in [1.165, 1.54) is 16.6 Å². The van der Waals surface area contributed by atoms with Gasteiger partial charge in [0.2, 0.25) is 5.91 Å². The van der Waals surface area contributed by atoms with Crippen LogP contribution in [-0.4, -0.2) is 33.0 Å². The van der Waals surface area contributed by atoms with E-state index in [-0.39, 0.29) is 11.7 Å². The molecule has 0 saturated carbocycles. The molecule has 1 aromatic carbocycles. The summed E-state index contributed by atoms with van der Waals surface area (Å²) in [6, 6.07) is 7.89. The second-order valence-corrected chi connectivity index (χ2v) is 10.9. The van der Waals surface area contributed by atoms with Gasteiger partial charge < -0.3 is 14.6 Å². The molecule has 7 nitrogen and oxygen atoms in total. The summed E-state index contributed by atoms with van der Waals surface area (Å²) in [6.07, 6.45) is 5.68. The number of thioether (sulfide) groups is 1. The predicted molar refractivity (Wildman–Crippen MR) is 141 cm³/mol. The zero-order valence-corrected chi connectivity index (χ0v) is 22.3. The number of nitrogens with zero attached hydrogens (tertiary/aromatic N) is 4. The molecule has 3 aromatic rings. The van der Waals surface area contributed by atoms with E-state index < -0.39 is 0 Å². The molecule has 2 aromatic heterocycles. The van der Waals surface area contributed by atoms with Gasteiger partial charge in [0.05, 0.1) is 17.9 Å². The summed E-state index contributed by atoms with van der Waals surface area (Å²) in [5.74, 6) is 1.79. The first-order valence-electron chi connectivity index (χ1n) is 11.8. The molecular weight excluding hydrogens is 502 g/mol. The van der Waals surface area contributed by atoms with E-state index in [4.69, 9.17) is 16.3 Å². The van der Waals surface area contributed by atoms with Crippen LogP contribution in [0, 0.1) is 18.3 Å². The summed E-state index contributed by atoms with van der Waals surface area (Å²) in [4.78, 5) is 13.9. The van der Waals surface area contributed by atoms with E-state index in [9.17, 15) is 10.1 Å². The van der Waals surface area contributed by atoms with Gasteiger partial charge in [0, 0.05) is 22.9 Å². The molecule has 0 atom stereocenters. The highest BCUT2D eigenvalue weighted by Crippen LogP contribution is 2.37. The van der Waals surface area contributed by atoms with Gasteiger partial charge in [-0.05, 0) is 75.3 Å². The van der Waals surface area contributed by atoms with Gasteiger partial charge in [0.25, 0.3) is 0 Å². The maximum Gasteiger partial charge on any atom is 0.235 e. The Morgan fingerprint density at radius 1 is 1.34 bits per heavy atom. The number of fused-ring (bicyclic) bond motifs is 1. The van der Waals surface area contributed by atoms with Crippen molar-refractivity contribution >= 4 is 45.6 Å². The SMILES string of the molecule is CCn1c(CCCOc2ccc(Cl)cc2C)nnc1SCC(=O)Nc1sc2c(c1C#N)CCCC2. The second-order valence-electron chi connectivity index (χ2n) is 8.37. The first-order chi connectivity index (χ1) is 17.0. The highest BCUT2D eigenvalue weighted by atomic mass is 35.5. The van der Waals surface area contributed by atoms with Crippen molar-refractivity contribution in [2.75, 3.05) is 17.7 Å². The number of carbonyl (C=O) groups excluding carboxylic acids is 1. The summed E-state index contributed by atoms with van der Waals surface area (Å²) in [7, 11) is 0. The largest absolute Gasteiger partial charge is 0.493 e. The number of thiophene rings is 1. The summed E-state index contributed by atoms with van der Waals surface area (Å²) in [6.45, 7) is 5.30. The fourth-order valence-electron chi connectivity index (χ4n) is 4.18. The Labute approximate surface area is 218 Å². The molecule has 0 spiro atoms. The quantitative estimate of drug-likeness (QED) is 0.263. The fraction of sp³-hybridized carbons (Fsp3) is 0.440. The van der Waals surface area contributed by atoms with Crippen molar-refractivity contribution in [3.8, 4) is 11.8 Å². The molecule has 1 aliphatic carbocycles. The van der Waals surface area contributed by atoms with Crippen LogP contribution in [-0.2, 0) is 30.6 Å². The molecule has 184 valence electrons. The van der Waals surface area contributed by atoms with Gasteiger partial charge in [0.15, 0.2) is 5.16 Å². The topological polar surface area (TPSA) is 92.8 Å². The lowest BCUT2D eigenvalue weighted by atomic mass is 9.96. The number of halogens is 1. The van der Waals surface area contributed by atoms with Crippen molar-refractivity contribution in [3.63, 3.8) is 0 Å². The minimum absolute atomic E-state index is 0.135. The van der Waals surface area contributed by atoms with E-state index in [0.29, 0.717) is 22.2 Å². The van der Waals surface area contributed by atoms with Crippen LogP contribution in [0.4, 0.5) is 5.00 Å². The number of carbonyl (C=O) groups is 1. The molecule has 1 N–H and O–H groups in total. The number of aromatic nitrogens is 3. The number of benzene rings is 1. The molecule has 4 rings (SSSR count). The molecule has 1 aliphatic rings. The average Bonchev–Trinajstić information content (AvgIpc) is 3.41. The predicted octanol–water partition coefficient (Wildman–Crippen LogP) is 5.81. The number of anilines is 1. The minimum atomic E-state index is -0.135. The van der Waals surface area contributed by atoms with Crippen LogP contribution in [0.5, 0.6) is 5.75 Å². The Morgan fingerprint density at radius 3 is 2.94 bits per heavy atom. The van der Waals surface area contributed by atoms with Crippen LogP contribution in [0.3, 0.4) is 0 Å². The third kappa shape index (κ3) is 6.18. The number of hydrogen-bond donors (Lipinski definition) is 1.